The predicted molar refractivity (Wildman–Crippen MR) is 113 cm³/mol. The molecular weight excluding hydrogens is 374 g/mol. The van der Waals surface area contributed by atoms with Crippen molar-refractivity contribution in [3.8, 4) is 0 Å². The molecule has 7 nitrogen and oxygen atoms in total. The third kappa shape index (κ3) is 5.26. The van der Waals surface area contributed by atoms with Crippen molar-refractivity contribution in [3.05, 3.63) is 30.1 Å². The number of imidazole rings is 1. The number of likely N-dealkylation sites (tertiary alicyclic amines) is 1. The zero-order valence-electron chi connectivity index (χ0n) is 16.4. The second-order valence-corrected chi connectivity index (χ2v) is 8.15. The molecule has 2 heterocycles. The smallest absolute Gasteiger partial charge is 0.240 e. The van der Waals surface area contributed by atoms with E-state index in [1.54, 1.807) is 11.8 Å². The number of hydrogen-bond acceptors (Lipinski definition) is 5. The summed E-state index contributed by atoms with van der Waals surface area (Å²) in [6.45, 7) is 3.51. The molecule has 1 saturated heterocycles. The number of nitrogens with zero attached hydrogens (tertiary/aromatic N) is 3. The highest BCUT2D eigenvalue weighted by atomic mass is 32.2. The summed E-state index contributed by atoms with van der Waals surface area (Å²) in [5.41, 5.74) is 7.35. The van der Waals surface area contributed by atoms with E-state index in [9.17, 15) is 9.59 Å². The molecule has 1 aliphatic heterocycles. The maximum absolute atomic E-state index is 12.5. The van der Waals surface area contributed by atoms with E-state index in [0.717, 1.165) is 61.5 Å². The standard InChI is InChI=1S/C20H29N5O2S/c1-28-14-18-23-16-7-2-3-8-17(16)25(18)13-19(26)22-9-5-11-24-10-4-6-15(12-24)20(21)27/h2-3,7-8,15H,4-6,9-14H2,1H3,(H2,21,27)(H,22,26). The van der Waals surface area contributed by atoms with E-state index in [4.69, 9.17) is 5.73 Å². The normalized spacial score (nSPS) is 17.7. The summed E-state index contributed by atoms with van der Waals surface area (Å²) >= 11 is 1.70. The van der Waals surface area contributed by atoms with E-state index < -0.39 is 0 Å². The maximum Gasteiger partial charge on any atom is 0.240 e. The monoisotopic (exact) mass is 403 g/mol. The number of carbonyl (C=O) groups is 2. The van der Waals surface area contributed by atoms with Gasteiger partial charge in [0.1, 0.15) is 12.4 Å². The van der Waals surface area contributed by atoms with Crippen molar-refractivity contribution in [1.29, 1.82) is 0 Å². The fourth-order valence-electron chi connectivity index (χ4n) is 3.76. The summed E-state index contributed by atoms with van der Waals surface area (Å²) in [6.07, 6.45) is 4.79. The zero-order valence-corrected chi connectivity index (χ0v) is 17.2. The Morgan fingerprint density at radius 1 is 1.36 bits per heavy atom. The third-order valence-corrected chi connectivity index (χ3v) is 5.74. The number of thioether (sulfide) groups is 1. The molecule has 28 heavy (non-hydrogen) atoms. The summed E-state index contributed by atoms with van der Waals surface area (Å²) in [4.78, 5) is 30.8. The van der Waals surface area contributed by atoms with Crippen LogP contribution >= 0.6 is 11.8 Å². The SMILES string of the molecule is CSCc1nc2ccccc2n1CC(=O)NCCCN1CCCC(C(N)=O)C1. The molecule has 1 aromatic heterocycles. The van der Waals surface area contributed by atoms with Crippen LogP contribution in [-0.4, -0.2) is 58.7 Å². The Balaban J connectivity index is 1.48. The van der Waals surface area contributed by atoms with E-state index in [1.807, 2.05) is 35.1 Å². The molecule has 1 aliphatic rings. The largest absolute Gasteiger partial charge is 0.369 e. The number of fused-ring (bicyclic) bond motifs is 1. The van der Waals surface area contributed by atoms with Crippen LogP contribution in [0, 0.1) is 5.92 Å². The van der Waals surface area contributed by atoms with Crippen molar-refractivity contribution in [2.75, 3.05) is 32.4 Å². The van der Waals surface area contributed by atoms with E-state index >= 15 is 0 Å². The van der Waals surface area contributed by atoms with Crippen LogP contribution in [0.3, 0.4) is 0 Å². The number of piperidine rings is 1. The van der Waals surface area contributed by atoms with Gasteiger partial charge in [-0.25, -0.2) is 4.98 Å². The van der Waals surface area contributed by atoms with Crippen LogP contribution in [0.4, 0.5) is 0 Å². The Hall–Kier alpha value is -2.06. The van der Waals surface area contributed by atoms with Crippen LogP contribution in [0.5, 0.6) is 0 Å². The van der Waals surface area contributed by atoms with E-state index in [2.05, 4.69) is 15.2 Å². The van der Waals surface area contributed by atoms with Gasteiger partial charge in [0.2, 0.25) is 11.8 Å². The predicted octanol–water partition coefficient (Wildman–Crippen LogP) is 1.60. The van der Waals surface area contributed by atoms with Crippen LogP contribution in [0.2, 0.25) is 0 Å². The van der Waals surface area contributed by atoms with Crippen molar-refractivity contribution >= 4 is 34.6 Å². The van der Waals surface area contributed by atoms with Crippen molar-refractivity contribution in [1.82, 2.24) is 19.8 Å². The number of nitrogens with one attached hydrogen (secondary N) is 1. The first-order valence-corrected chi connectivity index (χ1v) is 11.2. The summed E-state index contributed by atoms with van der Waals surface area (Å²) in [5.74, 6) is 1.46. The van der Waals surface area contributed by atoms with Gasteiger partial charge in [-0.05, 0) is 50.7 Å². The molecule has 3 rings (SSSR count). The van der Waals surface area contributed by atoms with Gasteiger partial charge in [-0.1, -0.05) is 12.1 Å². The van der Waals surface area contributed by atoms with E-state index in [0.29, 0.717) is 6.54 Å². The molecule has 152 valence electrons. The average Bonchev–Trinajstić information content (AvgIpc) is 3.03. The number of carbonyl (C=O) groups excluding carboxylic acids is 2. The second-order valence-electron chi connectivity index (χ2n) is 7.28. The van der Waals surface area contributed by atoms with Crippen molar-refractivity contribution < 1.29 is 9.59 Å². The number of benzene rings is 1. The molecule has 2 aromatic rings. The van der Waals surface area contributed by atoms with E-state index in [1.165, 1.54) is 0 Å². The van der Waals surface area contributed by atoms with Gasteiger partial charge in [0.25, 0.3) is 0 Å². The highest BCUT2D eigenvalue weighted by molar-refractivity contribution is 7.97. The molecule has 8 heteroatoms. The Morgan fingerprint density at radius 2 is 2.18 bits per heavy atom. The molecule has 1 unspecified atom stereocenters. The van der Waals surface area contributed by atoms with E-state index in [-0.39, 0.29) is 24.3 Å². The van der Waals surface area contributed by atoms with Crippen LogP contribution in [0.15, 0.2) is 24.3 Å². The lowest BCUT2D eigenvalue weighted by atomic mass is 9.97. The topological polar surface area (TPSA) is 93.2 Å². The quantitative estimate of drug-likeness (QED) is 0.621. The number of hydrogen-bond donors (Lipinski definition) is 2. The number of amides is 2. The van der Waals surface area contributed by atoms with Crippen LogP contribution < -0.4 is 11.1 Å². The molecule has 0 radical (unpaired) electrons. The lowest BCUT2D eigenvalue weighted by molar-refractivity contribution is -0.123. The van der Waals surface area contributed by atoms with Crippen molar-refractivity contribution in [2.24, 2.45) is 11.7 Å². The zero-order chi connectivity index (χ0) is 19.9. The highest BCUT2D eigenvalue weighted by Crippen LogP contribution is 2.19. The second kappa shape index (κ2) is 9.93. The molecule has 1 aromatic carbocycles. The van der Waals surface area contributed by atoms with Gasteiger partial charge < -0.3 is 20.5 Å². The fourth-order valence-corrected chi connectivity index (χ4v) is 4.24. The Bertz CT molecular complexity index is 822. The molecular formula is C20H29N5O2S. The highest BCUT2D eigenvalue weighted by Gasteiger charge is 2.23. The van der Waals surface area contributed by atoms with Crippen LogP contribution in [0.25, 0.3) is 11.0 Å². The molecule has 0 aliphatic carbocycles. The van der Waals surface area contributed by atoms with Gasteiger partial charge in [-0.2, -0.15) is 11.8 Å². The number of para-hydroxylation sites is 2. The molecule has 3 N–H and O–H groups in total. The van der Waals surface area contributed by atoms with Gasteiger partial charge in [0.05, 0.1) is 22.7 Å². The first-order chi connectivity index (χ1) is 13.6. The number of rotatable bonds is 9. The minimum atomic E-state index is -0.202. The van der Waals surface area contributed by atoms with Gasteiger partial charge in [-0.3, -0.25) is 9.59 Å². The number of primary amides is 1. The lowest BCUT2D eigenvalue weighted by Crippen LogP contribution is -2.42. The molecule has 1 atom stereocenters. The van der Waals surface area contributed by atoms with Gasteiger partial charge in [0, 0.05) is 13.1 Å². The van der Waals surface area contributed by atoms with Crippen molar-refractivity contribution in [3.63, 3.8) is 0 Å². The van der Waals surface area contributed by atoms with Gasteiger partial charge in [-0.15, -0.1) is 0 Å². The third-order valence-electron chi connectivity index (χ3n) is 5.19. The number of nitrogens with two attached hydrogens (primary N) is 1. The maximum atomic E-state index is 12.5. The van der Waals surface area contributed by atoms with Crippen LogP contribution in [-0.2, 0) is 21.9 Å². The minimum Gasteiger partial charge on any atom is -0.369 e. The summed E-state index contributed by atoms with van der Waals surface area (Å²) in [6, 6.07) is 7.92. The molecule has 0 bridgehead atoms. The molecule has 1 fully saturated rings. The summed E-state index contributed by atoms with van der Waals surface area (Å²) in [7, 11) is 0. The molecule has 0 saturated carbocycles. The fraction of sp³-hybridized carbons (Fsp3) is 0.550. The lowest BCUT2D eigenvalue weighted by Gasteiger charge is -2.31. The minimum absolute atomic E-state index is 0.000775. The molecule has 2 amide bonds. The van der Waals surface area contributed by atoms with Gasteiger partial charge in [0.15, 0.2) is 0 Å². The summed E-state index contributed by atoms with van der Waals surface area (Å²) in [5, 5.41) is 3.02. The van der Waals surface area contributed by atoms with Crippen molar-refractivity contribution in [2.45, 2.75) is 31.6 Å². The first kappa shape index (κ1) is 20.7. The Morgan fingerprint density at radius 3 is 2.96 bits per heavy atom. The Labute approximate surface area is 170 Å². The van der Waals surface area contributed by atoms with Gasteiger partial charge >= 0.3 is 0 Å². The van der Waals surface area contributed by atoms with Crippen LogP contribution in [0.1, 0.15) is 25.1 Å². The molecule has 0 spiro atoms. The summed E-state index contributed by atoms with van der Waals surface area (Å²) < 4.78 is 2.00. The first-order valence-electron chi connectivity index (χ1n) is 9.80. The average molecular weight is 404 g/mol. The Kier molecular flexibility index (Phi) is 7.33. The number of aromatic nitrogens is 2.